The van der Waals surface area contributed by atoms with Crippen LogP contribution in [0.1, 0.15) is 29.8 Å². The molecule has 0 saturated heterocycles. The fourth-order valence-corrected chi connectivity index (χ4v) is 4.15. The van der Waals surface area contributed by atoms with E-state index in [2.05, 4.69) is 39.6 Å². The molecule has 0 bridgehead atoms. The van der Waals surface area contributed by atoms with E-state index in [1.54, 1.807) is 17.4 Å². The molecule has 1 nitrogen and oxygen atoms in total. The van der Waals surface area contributed by atoms with Crippen molar-refractivity contribution in [3.63, 3.8) is 0 Å². The van der Waals surface area contributed by atoms with Crippen LogP contribution in [0.4, 0.5) is 0 Å². The normalized spacial score (nSPS) is 12.6. The quantitative estimate of drug-likeness (QED) is 0.682. The van der Waals surface area contributed by atoms with Crippen molar-refractivity contribution in [2.24, 2.45) is 0 Å². The smallest absolute Gasteiger partial charge is 0.0683 e. The van der Waals surface area contributed by atoms with Gasteiger partial charge in [-0.1, -0.05) is 30.1 Å². The van der Waals surface area contributed by atoms with Gasteiger partial charge in [-0.05, 0) is 64.1 Å². The maximum atomic E-state index is 6.11. The van der Waals surface area contributed by atoms with Crippen molar-refractivity contribution < 1.29 is 0 Å². The van der Waals surface area contributed by atoms with Crippen LogP contribution in [0, 0.1) is 0 Å². The van der Waals surface area contributed by atoms with Gasteiger partial charge in [0.15, 0.2) is 0 Å². The Morgan fingerprint density at radius 2 is 1.95 bits per heavy atom. The monoisotopic (exact) mass is 377 g/mol. The minimum absolute atomic E-state index is 0.116. The maximum absolute atomic E-state index is 6.11. The predicted octanol–water partition coefficient (Wildman–Crippen LogP) is 5.91. The van der Waals surface area contributed by atoms with Crippen molar-refractivity contribution in [1.29, 1.82) is 0 Å². The van der Waals surface area contributed by atoms with E-state index in [4.69, 9.17) is 23.2 Å². The molecule has 0 spiro atoms. The molecule has 2 aromatic rings. The molecule has 1 N–H and O–H groups in total. The van der Waals surface area contributed by atoms with Crippen LogP contribution < -0.4 is 5.32 Å². The van der Waals surface area contributed by atoms with Crippen molar-refractivity contribution in [2.45, 2.75) is 19.4 Å². The second-order valence-electron chi connectivity index (χ2n) is 4.22. The van der Waals surface area contributed by atoms with E-state index in [1.807, 2.05) is 12.1 Å². The Balaban J connectivity index is 2.39. The molecule has 1 aromatic heterocycles. The second kappa shape index (κ2) is 7.09. The Bertz CT molecular complexity index is 536. The summed E-state index contributed by atoms with van der Waals surface area (Å²) in [6.45, 7) is 3.09. The van der Waals surface area contributed by atoms with E-state index in [9.17, 15) is 0 Å². The average Bonchev–Trinajstić information content (AvgIpc) is 2.75. The zero-order valence-corrected chi connectivity index (χ0v) is 14.3. The molecule has 1 aromatic carbocycles. The molecule has 1 unspecified atom stereocenters. The molecule has 19 heavy (non-hydrogen) atoms. The highest BCUT2D eigenvalue weighted by Gasteiger charge is 2.18. The van der Waals surface area contributed by atoms with Gasteiger partial charge in [0.1, 0.15) is 0 Å². The third-order valence-electron chi connectivity index (χ3n) is 2.72. The molecule has 1 heterocycles. The van der Waals surface area contributed by atoms with E-state index >= 15 is 0 Å². The van der Waals surface area contributed by atoms with Gasteiger partial charge in [0.2, 0.25) is 0 Å². The summed E-state index contributed by atoms with van der Waals surface area (Å²) in [5.41, 5.74) is 1.09. The molecule has 0 aliphatic carbocycles. The van der Waals surface area contributed by atoms with Gasteiger partial charge in [-0.3, -0.25) is 0 Å². The number of rotatable bonds is 5. The molecule has 102 valence electrons. The van der Waals surface area contributed by atoms with Gasteiger partial charge in [-0.2, -0.15) is 0 Å². The lowest BCUT2D eigenvalue weighted by atomic mass is 10.1. The van der Waals surface area contributed by atoms with Crippen LogP contribution in [0.15, 0.2) is 34.1 Å². The van der Waals surface area contributed by atoms with Crippen LogP contribution >= 0.6 is 50.5 Å². The Morgan fingerprint density at radius 3 is 2.47 bits per heavy atom. The largest absolute Gasteiger partial charge is 0.306 e. The van der Waals surface area contributed by atoms with E-state index in [0.717, 1.165) is 23.0 Å². The van der Waals surface area contributed by atoms with Crippen LogP contribution in [-0.4, -0.2) is 6.54 Å². The van der Waals surface area contributed by atoms with Crippen LogP contribution in [0.5, 0.6) is 0 Å². The van der Waals surface area contributed by atoms with Crippen LogP contribution in [0.2, 0.25) is 10.0 Å². The van der Waals surface area contributed by atoms with Gasteiger partial charge in [-0.25, -0.2) is 0 Å². The van der Waals surface area contributed by atoms with Crippen molar-refractivity contribution >= 4 is 50.5 Å². The van der Waals surface area contributed by atoms with Crippen molar-refractivity contribution in [1.82, 2.24) is 5.32 Å². The highest BCUT2D eigenvalue weighted by molar-refractivity contribution is 9.10. The summed E-state index contributed by atoms with van der Waals surface area (Å²) in [6.07, 6.45) is 1.08. The molecule has 0 aliphatic heterocycles. The van der Waals surface area contributed by atoms with E-state index in [0.29, 0.717) is 10.0 Å². The number of thiophene rings is 1. The van der Waals surface area contributed by atoms with Gasteiger partial charge < -0.3 is 5.32 Å². The second-order valence-corrected chi connectivity index (χ2v) is 6.90. The maximum Gasteiger partial charge on any atom is 0.0683 e. The molecule has 2 rings (SSSR count). The van der Waals surface area contributed by atoms with Gasteiger partial charge in [0, 0.05) is 19.4 Å². The predicted molar refractivity (Wildman–Crippen MR) is 88.6 cm³/mol. The zero-order chi connectivity index (χ0) is 13.8. The molecule has 0 amide bonds. The van der Waals surface area contributed by atoms with Gasteiger partial charge in [0.25, 0.3) is 0 Å². The Hall–Kier alpha value is -0.0600. The summed E-state index contributed by atoms with van der Waals surface area (Å²) in [5, 5.41) is 6.95. The minimum Gasteiger partial charge on any atom is -0.306 e. The summed E-state index contributed by atoms with van der Waals surface area (Å²) in [6, 6.07) is 7.87. The Morgan fingerprint density at radius 1 is 1.26 bits per heavy atom. The number of hydrogen-bond donors (Lipinski definition) is 1. The molecular weight excluding hydrogens is 365 g/mol. The molecule has 5 heteroatoms. The fraction of sp³-hybridized carbons (Fsp3) is 0.286. The molecule has 0 fully saturated rings. The number of halogens is 3. The fourth-order valence-electron chi connectivity index (χ4n) is 1.90. The molecule has 1 atom stereocenters. The van der Waals surface area contributed by atoms with E-state index in [-0.39, 0.29) is 6.04 Å². The van der Waals surface area contributed by atoms with Gasteiger partial charge >= 0.3 is 0 Å². The average molecular weight is 379 g/mol. The topological polar surface area (TPSA) is 12.0 Å². The van der Waals surface area contributed by atoms with Gasteiger partial charge in [-0.15, -0.1) is 11.3 Å². The first-order chi connectivity index (χ1) is 9.11. The molecule has 0 aliphatic rings. The lowest BCUT2D eigenvalue weighted by molar-refractivity contribution is 0.604. The number of hydrogen-bond acceptors (Lipinski definition) is 2. The summed E-state index contributed by atoms with van der Waals surface area (Å²) in [7, 11) is 0. The Kier molecular flexibility index (Phi) is 5.72. The van der Waals surface area contributed by atoms with Crippen LogP contribution in [0.3, 0.4) is 0 Å². The third kappa shape index (κ3) is 3.96. The summed E-state index contributed by atoms with van der Waals surface area (Å²) >= 11 is 17.5. The summed E-state index contributed by atoms with van der Waals surface area (Å²) < 4.78 is 1.11. The van der Waals surface area contributed by atoms with Crippen LogP contribution in [0.25, 0.3) is 0 Å². The molecular formula is C14H14BrCl2NS. The van der Waals surface area contributed by atoms with Crippen molar-refractivity contribution in [3.8, 4) is 0 Å². The Labute approximate surface area is 136 Å². The van der Waals surface area contributed by atoms with Crippen molar-refractivity contribution in [3.05, 3.63) is 54.6 Å². The molecule has 0 saturated carbocycles. The standard InChI is InChI=1S/C14H14BrCl2NS/c1-2-4-18-13(14-12(15)3-5-19-14)9-6-10(16)8-11(17)7-9/h3,5-8,13,18H,2,4H2,1H3. The minimum atomic E-state index is 0.116. The first-order valence-corrected chi connectivity index (χ1v) is 8.47. The van der Waals surface area contributed by atoms with E-state index < -0.39 is 0 Å². The third-order valence-corrected chi connectivity index (χ3v) is 5.10. The zero-order valence-electron chi connectivity index (χ0n) is 10.4. The first kappa shape index (κ1) is 15.3. The van der Waals surface area contributed by atoms with E-state index in [1.165, 1.54) is 4.88 Å². The lowest BCUT2D eigenvalue weighted by Gasteiger charge is -2.19. The van der Waals surface area contributed by atoms with Crippen LogP contribution in [-0.2, 0) is 0 Å². The first-order valence-electron chi connectivity index (χ1n) is 6.04. The highest BCUT2D eigenvalue weighted by Crippen LogP contribution is 2.35. The highest BCUT2D eigenvalue weighted by atomic mass is 79.9. The summed E-state index contributed by atoms with van der Waals surface area (Å²) in [4.78, 5) is 1.24. The van der Waals surface area contributed by atoms with Crippen molar-refractivity contribution in [2.75, 3.05) is 6.54 Å². The SMILES string of the molecule is CCCNC(c1cc(Cl)cc(Cl)c1)c1sccc1Br. The lowest BCUT2D eigenvalue weighted by Crippen LogP contribution is -2.22. The molecule has 0 radical (unpaired) electrons. The number of benzene rings is 1. The number of nitrogens with one attached hydrogen (secondary N) is 1. The summed E-state index contributed by atoms with van der Waals surface area (Å²) in [5.74, 6) is 0. The van der Waals surface area contributed by atoms with Gasteiger partial charge in [0.05, 0.1) is 6.04 Å².